The number of nitrogens with zero attached hydrogens (tertiary/aromatic N) is 3. The number of nitrogens with one attached hydrogen (secondary N) is 2. The minimum absolute atomic E-state index is 0.0601. The maximum Gasteiger partial charge on any atom is 0.264 e. The molecule has 0 radical (unpaired) electrons. The summed E-state index contributed by atoms with van der Waals surface area (Å²) >= 11 is 6.02. The Morgan fingerprint density at radius 2 is 1.77 bits per heavy atom. The van der Waals surface area contributed by atoms with Gasteiger partial charge < -0.3 is 5.32 Å². The lowest BCUT2D eigenvalue weighted by molar-refractivity contribution is -0.117. The Bertz CT molecular complexity index is 1430. The topological polar surface area (TPSA) is 138 Å². The van der Waals surface area contributed by atoms with Gasteiger partial charge in [0, 0.05) is 22.6 Å². The molecule has 10 nitrogen and oxygen atoms in total. The normalized spacial score (nSPS) is 12.6. The summed E-state index contributed by atoms with van der Waals surface area (Å²) in [4.78, 5) is 20.9. The highest BCUT2D eigenvalue weighted by Crippen LogP contribution is 2.26. The molecule has 0 aliphatic rings. The average Bonchev–Trinajstić information content (AvgIpc) is 2.76. The highest BCUT2D eigenvalue weighted by atomic mass is 35.5. The summed E-state index contributed by atoms with van der Waals surface area (Å²) in [7, 11) is -7.78. The molecule has 1 aromatic heterocycles. The molecule has 2 N–H and O–H groups in total. The quantitative estimate of drug-likeness (QED) is 0.426. The second kappa shape index (κ2) is 10.6. The zero-order valence-electron chi connectivity index (χ0n) is 19.1. The van der Waals surface area contributed by atoms with Crippen LogP contribution in [0.15, 0.2) is 65.7 Å². The Labute approximate surface area is 209 Å². The minimum Gasteiger partial charge on any atom is -0.324 e. The number of halogens is 1. The molecule has 2 aromatic carbocycles. The summed E-state index contributed by atoms with van der Waals surface area (Å²) in [6.45, 7) is 3.39. The van der Waals surface area contributed by atoms with Crippen molar-refractivity contribution in [2.75, 3.05) is 20.6 Å². The van der Waals surface area contributed by atoms with Crippen LogP contribution in [0.25, 0.3) is 0 Å². The van der Waals surface area contributed by atoms with Gasteiger partial charge in [0.15, 0.2) is 0 Å². The minimum atomic E-state index is -3.96. The van der Waals surface area contributed by atoms with E-state index in [1.807, 2.05) is 0 Å². The van der Waals surface area contributed by atoms with Crippen molar-refractivity contribution in [2.45, 2.75) is 31.2 Å². The number of hydrogen-bond donors (Lipinski definition) is 2. The molecular formula is C22H24ClN5O5S2. The molecule has 186 valence electrons. The molecule has 35 heavy (non-hydrogen) atoms. The summed E-state index contributed by atoms with van der Waals surface area (Å²) < 4.78 is 53.6. The smallest absolute Gasteiger partial charge is 0.264 e. The maximum absolute atomic E-state index is 13.0. The van der Waals surface area contributed by atoms with Crippen LogP contribution in [0.1, 0.15) is 19.0 Å². The first kappa shape index (κ1) is 26.4. The highest BCUT2D eigenvalue weighted by molar-refractivity contribution is 7.92. The Kier molecular flexibility index (Phi) is 7.98. The number of aromatic nitrogens is 2. The summed E-state index contributed by atoms with van der Waals surface area (Å²) in [6, 6.07) is 12.2. The summed E-state index contributed by atoms with van der Waals surface area (Å²) in [5, 5.41) is 2.97. The number of anilines is 3. The standard InChI is InChI=1S/C22H24ClN5O5S2/c1-4-20(28(34(3,30)31)18-7-5-6-16(23)14-18)21(29)26-17-8-10-19(11-9-17)35(32,33)27-22-24-13-12-15(2)25-22/h5-14,20H,4H2,1-3H3,(H,26,29)(H,24,25,27). The van der Waals surface area contributed by atoms with Gasteiger partial charge in [-0.15, -0.1) is 0 Å². The fourth-order valence-corrected chi connectivity index (χ4v) is 5.63. The van der Waals surface area contributed by atoms with E-state index in [0.29, 0.717) is 16.4 Å². The molecule has 3 aromatic rings. The van der Waals surface area contributed by atoms with Crippen LogP contribution in [-0.4, -0.2) is 45.0 Å². The zero-order chi connectivity index (χ0) is 25.8. The predicted octanol–water partition coefficient (Wildman–Crippen LogP) is 3.42. The number of carbonyl (C=O) groups excluding carboxylic acids is 1. The van der Waals surface area contributed by atoms with Crippen LogP contribution in [0.2, 0.25) is 5.02 Å². The van der Waals surface area contributed by atoms with Crippen LogP contribution >= 0.6 is 11.6 Å². The van der Waals surface area contributed by atoms with E-state index in [9.17, 15) is 21.6 Å². The maximum atomic E-state index is 13.0. The van der Waals surface area contributed by atoms with Crippen molar-refractivity contribution in [1.29, 1.82) is 0 Å². The molecule has 0 saturated carbocycles. The molecule has 0 fully saturated rings. The summed E-state index contributed by atoms with van der Waals surface area (Å²) in [6.07, 6.45) is 2.62. The number of benzene rings is 2. The van der Waals surface area contributed by atoms with Crippen molar-refractivity contribution in [3.05, 3.63) is 71.5 Å². The molecule has 0 aliphatic carbocycles. The Morgan fingerprint density at radius 1 is 1.09 bits per heavy atom. The molecular weight excluding hydrogens is 514 g/mol. The van der Waals surface area contributed by atoms with Crippen molar-refractivity contribution in [3.63, 3.8) is 0 Å². The van der Waals surface area contributed by atoms with Crippen LogP contribution in [-0.2, 0) is 24.8 Å². The predicted molar refractivity (Wildman–Crippen MR) is 136 cm³/mol. The van der Waals surface area contributed by atoms with Crippen LogP contribution < -0.4 is 14.3 Å². The van der Waals surface area contributed by atoms with E-state index in [0.717, 1.165) is 10.6 Å². The third kappa shape index (κ3) is 6.68. The van der Waals surface area contributed by atoms with Crippen LogP contribution in [0.3, 0.4) is 0 Å². The van der Waals surface area contributed by atoms with E-state index in [2.05, 4.69) is 20.0 Å². The SMILES string of the molecule is CCC(C(=O)Nc1ccc(S(=O)(=O)Nc2nccc(C)n2)cc1)N(c1cccc(Cl)c1)S(C)(=O)=O. The average molecular weight is 538 g/mol. The van der Waals surface area contributed by atoms with Gasteiger partial charge in [-0.05, 0) is 61.9 Å². The van der Waals surface area contributed by atoms with Gasteiger partial charge in [-0.1, -0.05) is 24.6 Å². The van der Waals surface area contributed by atoms with Crippen molar-refractivity contribution in [1.82, 2.24) is 9.97 Å². The molecule has 0 saturated heterocycles. The molecule has 0 aliphatic heterocycles. The molecule has 0 spiro atoms. The highest BCUT2D eigenvalue weighted by Gasteiger charge is 2.31. The fraction of sp³-hybridized carbons (Fsp3) is 0.227. The van der Waals surface area contributed by atoms with Gasteiger partial charge in [0.25, 0.3) is 10.0 Å². The molecule has 0 bridgehead atoms. The third-order valence-corrected chi connectivity index (χ3v) is 7.60. The monoisotopic (exact) mass is 537 g/mol. The van der Waals surface area contributed by atoms with Crippen molar-refractivity contribution in [3.8, 4) is 0 Å². The van der Waals surface area contributed by atoms with E-state index < -0.39 is 32.0 Å². The van der Waals surface area contributed by atoms with Crippen molar-refractivity contribution >= 4 is 54.9 Å². The third-order valence-electron chi connectivity index (χ3n) is 4.85. The van der Waals surface area contributed by atoms with Gasteiger partial charge in [0.1, 0.15) is 6.04 Å². The van der Waals surface area contributed by atoms with Gasteiger partial charge in [0.2, 0.25) is 21.9 Å². The molecule has 13 heteroatoms. The molecule has 3 rings (SSSR count). The van der Waals surface area contributed by atoms with Crippen molar-refractivity contribution in [2.24, 2.45) is 0 Å². The number of carbonyl (C=O) groups is 1. The van der Waals surface area contributed by atoms with Crippen molar-refractivity contribution < 1.29 is 21.6 Å². The Morgan fingerprint density at radius 3 is 2.34 bits per heavy atom. The number of hydrogen-bond acceptors (Lipinski definition) is 7. The second-order valence-corrected chi connectivity index (χ2v) is 11.6. The largest absolute Gasteiger partial charge is 0.324 e. The van der Waals surface area contributed by atoms with Gasteiger partial charge in [0.05, 0.1) is 16.8 Å². The zero-order valence-corrected chi connectivity index (χ0v) is 21.5. The first-order chi connectivity index (χ1) is 16.4. The lowest BCUT2D eigenvalue weighted by atomic mass is 10.2. The number of amides is 1. The Balaban J connectivity index is 1.80. The first-order valence-electron chi connectivity index (χ1n) is 10.4. The first-order valence-corrected chi connectivity index (χ1v) is 14.1. The van der Waals surface area contributed by atoms with E-state index in [1.165, 1.54) is 36.5 Å². The van der Waals surface area contributed by atoms with Gasteiger partial charge in [-0.3, -0.25) is 9.10 Å². The molecule has 1 amide bonds. The molecule has 1 heterocycles. The lowest BCUT2D eigenvalue weighted by Gasteiger charge is -2.30. The molecule has 1 unspecified atom stereocenters. The number of aryl methyl sites for hydroxylation is 1. The van der Waals surface area contributed by atoms with Gasteiger partial charge in [-0.2, -0.15) is 0 Å². The second-order valence-electron chi connectivity index (χ2n) is 7.60. The van der Waals surface area contributed by atoms with Crippen LogP contribution in [0, 0.1) is 6.92 Å². The lowest BCUT2D eigenvalue weighted by Crippen LogP contribution is -2.47. The van der Waals surface area contributed by atoms with Crippen LogP contribution in [0.5, 0.6) is 0 Å². The number of sulfonamides is 2. The van der Waals surface area contributed by atoms with E-state index in [1.54, 1.807) is 38.1 Å². The molecule has 1 atom stereocenters. The van der Waals surface area contributed by atoms with E-state index in [-0.39, 0.29) is 23.0 Å². The summed E-state index contributed by atoms with van der Waals surface area (Å²) in [5.74, 6) is -0.644. The van der Waals surface area contributed by atoms with Crippen LogP contribution in [0.4, 0.5) is 17.3 Å². The Hall–Kier alpha value is -3.22. The number of rotatable bonds is 9. The fourth-order valence-electron chi connectivity index (χ4n) is 3.29. The van der Waals surface area contributed by atoms with Gasteiger partial charge >= 0.3 is 0 Å². The van der Waals surface area contributed by atoms with E-state index >= 15 is 0 Å². The van der Waals surface area contributed by atoms with E-state index in [4.69, 9.17) is 11.6 Å². The van der Waals surface area contributed by atoms with Gasteiger partial charge in [-0.25, -0.2) is 31.5 Å². The summed E-state index contributed by atoms with van der Waals surface area (Å²) in [5.41, 5.74) is 1.15.